The van der Waals surface area contributed by atoms with Gasteiger partial charge in [-0.05, 0) is 56.7 Å². The smallest absolute Gasteiger partial charge is 0.258 e. The van der Waals surface area contributed by atoms with Gasteiger partial charge in [-0.2, -0.15) is 0 Å². The highest BCUT2D eigenvalue weighted by Gasteiger charge is 2.12. The third-order valence-corrected chi connectivity index (χ3v) is 4.51. The minimum Gasteiger partial charge on any atom is -0.493 e. The molecule has 152 valence electrons. The van der Waals surface area contributed by atoms with E-state index in [2.05, 4.69) is 0 Å². The maximum Gasteiger partial charge on any atom is 0.258 e. The Kier molecular flexibility index (Phi) is 6.39. The second kappa shape index (κ2) is 8.97. The van der Waals surface area contributed by atoms with E-state index in [1.165, 1.54) is 11.6 Å². The first kappa shape index (κ1) is 20.7. The molecule has 2 aromatic carbocycles. The van der Waals surface area contributed by atoms with Crippen LogP contribution in [0.25, 0.3) is 5.69 Å². The maximum atomic E-state index is 12.5. The van der Waals surface area contributed by atoms with Crippen molar-refractivity contribution in [3.8, 4) is 17.2 Å². The van der Waals surface area contributed by atoms with Crippen molar-refractivity contribution in [2.75, 3.05) is 6.61 Å². The van der Waals surface area contributed by atoms with Gasteiger partial charge in [-0.1, -0.05) is 29.8 Å². The first-order valence-corrected chi connectivity index (χ1v) is 9.67. The van der Waals surface area contributed by atoms with Gasteiger partial charge in [0.1, 0.15) is 18.1 Å². The van der Waals surface area contributed by atoms with Crippen molar-refractivity contribution in [1.29, 1.82) is 0 Å². The molecular weight excluding hydrogens is 366 g/mol. The molecule has 29 heavy (non-hydrogen) atoms. The first-order chi connectivity index (χ1) is 13.8. The number of ether oxygens (including phenoxy) is 2. The molecule has 0 spiro atoms. The summed E-state index contributed by atoms with van der Waals surface area (Å²) in [6.45, 7) is 6.38. The lowest BCUT2D eigenvalue weighted by Gasteiger charge is -2.17. The molecule has 0 amide bonds. The van der Waals surface area contributed by atoms with Crippen molar-refractivity contribution in [2.24, 2.45) is 0 Å². The highest BCUT2D eigenvalue weighted by Crippen LogP contribution is 2.17. The number of rotatable bonds is 8. The molecule has 1 N–H and O–H groups in total. The fourth-order valence-corrected chi connectivity index (χ4v) is 2.74. The summed E-state index contributed by atoms with van der Waals surface area (Å²) in [7, 11) is 0. The zero-order valence-corrected chi connectivity index (χ0v) is 17.1. The molecule has 3 rings (SSSR count). The summed E-state index contributed by atoms with van der Waals surface area (Å²) in [6, 6.07) is 18.7. The monoisotopic (exact) mass is 393 g/mol. The standard InChI is InChI=1S/C24H27NO4/c1-18-4-6-19(7-5-18)17-29-22-12-14-25(23(26)16-22)20-8-10-21(11-9-20)28-15-13-24(2,3)27/h4-12,14,16,27H,13,15,17H2,1-3H3. The second-order valence-corrected chi connectivity index (χ2v) is 7.75. The Morgan fingerprint density at radius 2 is 1.62 bits per heavy atom. The minimum atomic E-state index is -0.753. The SMILES string of the molecule is Cc1ccc(COc2ccn(-c3ccc(OCCC(C)(C)O)cc3)c(=O)c2)cc1. The topological polar surface area (TPSA) is 60.7 Å². The molecule has 0 unspecified atom stereocenters. The molecule has 1 heterocycles. The summed E-state index contributed by atoms with van der Waals surface area (Å²) in [6.07, 6.45) is 2.25. The minimum absolute atomic E-state index is 0.165. The van der Waals surface area contributed by atoms with E-state index < -0.39 is 5.60 Å². The molecule has 0 aliphatic rings. The molecule has 0 atom stereocenters. The zero-order chi connectivity index (χ0) is 20.9. The van der Waals surface area contributed by atoms with Crippen LogP contribution in [0.4, 0.5) is 0 Å². The van der Waals surface area contributed by atoms with Crippen LogP contribution in [0, 0.1) is 6.92 Å². The maximum absolute atomic E-state index is 12.5. The second-order valence-electron chi connectivity index (χ2n) is 7.75. The molecule has 1 aromatic heterocycles. The Morgan fingerprint density at radius 3 is 2.24 bits per heavy atom. The molecular formula is C24H27NO4. The van der Waals surface area contributed by atoms with Crippen LogP contribution in [0.2, 0.25) is 0 Å². The lowest BCUT2D eigenvalue weighted by atomic mass is 10.1. The van der Waals surface area contributed by atoms with Crippen LogP contribution in [-0.4, -0.2) is 21.9 Å². The summed E-state index contributed by atoms with van der Waals surface area (Å²) in [4.78, 5) is 12.5. The third-order valence-electron chi connectivity index (χ3n) is 4.51. The van der Waals surface area contributed by atoms with Gasteiger partial charge >= 0.3 is 0 Å². The van der Waals surface area contributed by atoms with Crippen LogP contribution in [0.5, 0.6) is 11.5 Å². The molecule has 0 aliphatic carbocycles. The van der Waals surface area contributed by atoms with Crippen LogP contribution in [0.1, 0.15) is 31.4 Å². The van der Waals surface area contributed by atoms with Crippen LogP contribution in [-0.2, 0) is 6.61 Å². The van der Waals surface area contributed by atoms with Gasteiger partial charge in [0.25, 0.3) is 5.56 Å². The highest BCUT2D eigenvalue weighted by molar-refractivity contribution is 5.38. The Labute approximate surface area is 171 Å². The van der Waals surface area contributed by atoms with Crippen molar-refractivity contribution in [1.82, 2.24) is 4.57 Å². The van der Waals surface area contributed by atoms with Gasteiger partial charge in [-0.25, -0.2) is 0 Å². The molecule has 0 fully saturated rings. The van der Waals surface area contributed by atoms with Crippen LogP contribution in [0.3, 0.4) is 0 Å². The van der Waals surface area contributed by atoms with E-state index in [1.807, 2.05) is 55.5 Å². The average molecular weight is 393 g/mol. The van der Waals surface area contributed by atoms with Crippen LogP contribution >= 0.6 is 0 Å². The van der Waals surface area contributed by atoms with Crippen molar-refractivity contribution < 1.29 is 14.6 Å². The van der Waals surface area contributed by atoms with E-state index in [4.69, 9.17) is 9.47 Å². The predicted octanol–water partition coefficient (Wildman–Crippen LogP) is 4.26. The largest absolute Gasteiger partial charge is 0.493 e. The number of aryl methyl sites for hydroxylation is 1. The summed E-state index contributed by atoms with van der Waals surface area (Å²) >= 11 is 0. The summed E-state index contributed by atoms with van der Waals surface area (Å²) in [5.41, 5.74) is 2.08. The summed E-state index contributed by atoms with van der Waals surface area (Å²) in [5.74, 6) is 1.24. The third kappa shape index (κ3) is 6.22. The summed E-state index contributed by atoms with van der Waals surface area (Å²) in [5, 5.41) is 9.73. The van der Waals surface area contributed by atoms with Crippen molar-refractivity contribution in [2.45, 2.75) is 39.4 Å². The predicted molar refractivity (Wildman–Crippen MR) is 114 cm³/mol. The van der Waals surface area contributed by atoms with E-state index in [0.29, 0.717) is 31.1 Å². The number of pyridine rings is 1. The van der Waals surface area contributed by atoms with E-state index >= 15 is 0 Å². The van der Waals surface area contributed by atoms with Gasteiger partial charge in [-0.3, -0.25) is 9.36 Å². The molecule has 0 aliphatic heterocycles. The van der Waals surface area contributed by atoms with Gasteiger partial charge in [0.2, 0.25) is 0 Å². The van der Waals surface area contributed by atoms with Gasteiger partial charge in [0.15, 0.2) is 0 Å². The number of hydrogen-bond donors (Lipinski definition) is 1. The van der Waals surface area contributed by atoms with Crippen molar-refractivity contribution in [3.05, 3.63) is 88.3 Å². The van der Waals surface area contributed by atoms with Gasteiger partial charge in [-0.15, -0.1) is 0 Å². The molecule has 0 saturated heterocycles. The number of nitrogens with zero attached hydrogens (tertiary/aromatic N) is 1. The fraction of sp³-hybridized carbons (Fsp3) is 0.292. The van der Waals surface area contributed by atoms with Gasteiger partial charge < -0.3 is 14.6 Å². The Morgan fingerprint density at radius 1 is 0.931 bits per heavy atom. The Hall–Kier alpha value is -3.05. The molecule has 0 bridgehead atoms. The molecule has 0 saturated carbocycles. The van der Waals surface area contributed by atoms with E-state index in [1.54, 1.807) is 30.7 Å². The Balaban J connectivity index is 1.62. The van der Waals surface area contributed by atoms with E-state index in [0.717, 1.165) is 11.3 Å². The van der Waals surface area contributed by atoms with Gasteiger partial charge in [0.05, 0.1) is 12.2 Å². The highest BCUT2D eigenvalue weighted by atomic mass is 16.5. The molecule has 5 heteroatoms. The zero-order valence-electron chi connectivity index (χ0n) is 17.1. The number of benzene rings is 2. The number of hydrogen-bond acceptors (Lipinski definition) is 4. The van der Waals surface area contributed by atoms with E-state index in [9.17, 15) is 9.90 Å². The summed E-state index contributed by atoms with van der Waals surface area (Å²) < 4.78 is 12.9. The lowest BCUT2D eigenvalue weighted by Crippen LogP contribution is -2.21. The van der Waals surface area contributed by atoms with Crippen molar-refractivity contribution >= 4 is 0 Å². The Bertz CT molecular complexity index is 983. The normalized spacial score (nSPS) is 11.3. The lowest BCUT2D eigenvalue weighted by molar-refractivity contribution is 0.0553. The van der Waals surface area contributed by atoms with Crippen LogP contribution in [0.15, 0.2) is 71.7 Å². The van der Waals surface area contributed by atoms with Crippen LogP contribution < -0.4 is 15.0 Å². The average Bonchev–Trinajstić information content (AvgIpc) is 2.67. The number of aromatic nitrogens is 1. The van der Waals surface area contributed by atoms with Crippen molar-refractivity contribution in [3.63, 3.8) is 0 Å². The molecule has 3 aromatic rings. The number of aliphatic hydroxyl groups is 1. The van der Waals surface area contributed by atoms with E-state index in [-0.39, 0.29) is 5.56 Å². The van der Waals surface area contributed by atoms with Gasteiger partial charge in [0, 0.05) is 24.4 Å². The quantitative estimate of drug-likeness (QED) is 0.621. The fourth-order valence-electron chi connectivity index (χ4n) is 2.74. The molecule has 0 radical (unpaired) electrons. The first-order valence-electron chi connectivity index (χ1n) is 9.67. The molecule has 5 nitrogen and oxygen atoms in total.